The maximum Gasteiger partial charge on any atom is 1.00 e. The second-order valence-electron chi connectivity index (χ2n) is 9.16. The number of azo groups is 1. The first-order valence-corrected chi connectivity index (χ1v) is 16.0. The average molecular weight is 886 g/mol. The molecular formula is C26H15K4N7O13S3. The van der Waals surface area contributed by atoms with Gasteiger partial charge in [-0.05, 0) is 53.9 Å². The van der Waals surface area contributed by atoms with Crippen LogP contribution >= 0.6 is 12.0 Å². The summed E-state index contributed by atoms with van der Waals surface area (Å²) in [6, 6.07) is 12.9. The Hall–Kier alpha value is 1.02. The first kappa shape index (κ1) is 52.0. The molecule has 0 aliphatic carbocycles. The van der Waals surface area contributed by atoms with Crippen LogP contribution in [-0.2, 0) is 30.9 Å². The molecule has 0 spiro atoms. The molecule has 0 amide bonds. The van der Waals surface area contributed by atoms with Crippen LogP contribution in [0.2, 0.25) is 0 Å². The van der Waals surface area contributed by atoms with Gasteiger partial charge in [0.15, 0.2) is 17.2 Å². The van der Waals surface area contributed by atoms with Crippen LogP contribution in [-0.4, -0.2) is 52.9 Å². The van der Waals surface area contributed by atoms with E-state index in [1.165, 1.54) is 48.5 Å². The van der Waals surface area contributed by atoms with Crippen LogP contribution in [0.5, 0.6) is 17.5 Å². The summed E-state index contributed by atoms with van der Waals surface area (Å²) in [6.07, 6.45) is 0. The molecule has 1 unspecified atom stereocenters. The molecule has 0 radical (unpaired) electrons. The normalized spacial score (nSPS) is 11.3. The van der Waals surface area contributed by atoms with E-state index in [0.29, 0.717) is 16.9 Å². The average Bonchev–Trinajstić information content (AvgIpc) is 3.03. The predicted octanol–water partition coefficient (Wildman–Crippen LogP) is -9.97. The van der Waals surface area contributed by atoms with E-state index in [4.69, 9.17) is 4.18 Å². The number of carbonyl (C=O) groups is 1. The van der Waals surface area contributed by atoms with Gasteiger partial charge in [0.05, 0.1) is 34.3 Å². The number of carbonyl (C=O) groups excluding carboxylic acids is 1. The number of carboxylic acids is 1. The van der Waals surface area contributed by atoms with Crippen molar-refractivity contribution in [3.8, 4) is 17.5 Å². The molecule has 254 valence electrons. The first-order chi connectivity index (χ1) is 23.3. The molecule has 0 saturated carbocycles. The van der Waals surface area contributed by atoms with Crippen LogP contribution < -0.4 is 231 Å². The van der Waals surface area contributed by atoms with Crippen molar-refractivity contribution in [2.75, 3.05) is 10.6 Å². The van der Waals surface area contributed by atoms with Crippen LogP contribution in [0.3, 0.4) is 0 Å². The molecule has 0 saturated heterocycles. The van der Waals surface area contributed by atoms with Crippen molar-refractivity contribution in [2.45, 2.75) is 9.79 Å². The zero-order valence-corrected chi connectivity index (χ0v) is 42.6. The zero-order valence-electron chi connectivity index (χ0n) is 27.7. The number of hydrogen-bond acceptors (Lipinski definition) is 21. The number of fused-ring (bicyclic) bond motifs is 1. The fourth-order valence-corrected chi connectivity index (χ4v) is 5.31. The Morgan fingerprint density at radius 1 is 0.887 bits per heavy atom. The Balaban J connectivity index is 0.00000351. The fraction of sp³-hybridized carbons (Fsp3) is 0. The first-order valence-electron chi connectivity index (χ1n) is 12.8. The van der Waals surface area contributed by atoms with E-state index < -0.39 is 67.4 Å². The Morgan fingerprint density at radius 2 is 1.51 bits per heavy atom. The zero-order chi connectivity index (χ0) is 35.3. The smallest absolute Gasteiger partial charge is 0.744 e. The number of carboxylic acid groups (broad SMARTS) is 1. The van der Waals surface area contributed by atoms with Crippen molar-refractivity contribution in [1.82, 2.24) is 15.0 Å². The number of aromatic hydroxyl groups is 2. The second kappa shape index (κ2) is 24.2. The van der Waals surface area contributed by atoms with Crippen molar-refractivity contribution in [2.24, 2.45) is 10.2 Å². The summed E-state index contributed by atoms with van der Waals surface area (Å²) in [4.78, 5) is 22.5. The minimum Gasteiger partial charge on any atom is -0.744 e. The molecule has 5 aromatic rings. The number of rotatable bonds is 13. The SMILES string of the molecule is O=C([O-])c1ccccc1Nc1nc(O)nc(Nc2cc(S(=O)(=O)[O-])cc3cc(OS(=O)[O-])c(N=Nc4ccc(SOO[O-])cc4)c(O)c23)n1.[K+].[K+].[K+].[K+]. The molecule has 4 N–H and O–H groups in total. The van der Waals surface area contributed by atoms with E-state index in [0.717, 1.165) is 18.2 Å². The molecular weight excluding hydrogens is 871 g/mol. The van der Waals surface area contributed by atoms with Crippen molar-refractivity contribution in [1.29, 1.82) is 0 Å². The van der Waals surface area contributed by atoms with E-state index in [1.807, 2.05) is 0 Å². The van der Waals surface area contributed by atoms with Crippen molar-refractivity contribution in [3.05, 3.63) is 72.3 Å². The van der Waals surface area contributed by atoms with Gasteiger partial charge in [-0.25, -0.2) is 12.6 Å². The number of nitrogens with zero attached hydrogens (tertiary/aromatic N) is 5. The minimum atomic E-state index is -5.18. The number of nitrogens with one attached hydrogen (secondary N) is 2. The molecule has 0 bridgehead atoms. The molecule has 5 rings (SSSR count). The maximum atomic E-state index is 12.1. The van der Waals surface area contributed by atoms with Gasteiger partial charge in [0.1, 0.15) is 21.5 Å². The molecule has 1 heterocycles. The van der Waals surface area contributed by atoms with Crippen LogP contribution in [0.1, 0.15) is 10.4 Å². The van der Waals surface area contributed by atoms with Crippen LogP contribution in [0.15, 0.2) is 86.7 Å². The van der Waals surface area contributed by atoms with Crippen molar-refractivity contribution >= 4 is 84.9 Å². The number of para-hydroxylation sites is 1. The second-order valence-corrected chi connectivity index (χ2v) is 11.9. The summed E-state index contributed by atoms with van der Waals surface area (Å²) in [7, 11) is -5.18. The van der Waals surface area contributed by atoms with Gasteiger partial charge < -0.3 is 49.3 Å². The molecule has 0 fully saturated rings. The van der Waals surface area contributed by atoms with E-state index in [2.05, 4.69) is 45.2 Å². The number of benzene rings is 4. The summed E-state index contributed by atoms with van der Waals surface area (Å²) in [6.45, 7) is 0. The van der Waals surface area contributed by atoms with Gasteiger partial charge in [-0.2, -0.15) is 24.4 Å². The summed E-state index contributed by atoms with van der Waals surface area (Å²) in [5.41, 5.74) is -1.09. The van der Waals surface area contributed by atoms with Crippen LogP contribution in [0.4, 0.5) is 34.6 Å². The Kier molecular flexibility index (Phi) is 23.7. The van der Waals surface area contributed by atoms with Gasteiger partial charge >= 0.3 is 212 Å². The van der Waals surface area contributed by atoms with Gasteiger partial charge in [-0.3, -0.25) is 5.04 Å². The third-order valence-electron chi connectivity index (χ3n) is 6.09. The van der Waals surface area contributed by atoms with Crippen LogP contribution in [0, 0.1) is 0 Å². The summed E-state index contributed by atoms with van der Waals surface area (Å²) < 4.78 is 68.1. The summed E-state index contributed by atoms with van der Waals surface area (Å²) in [5, 5.41) is 58.8. The van der Waals surface area contributed by atoms with E-state index >= 15 is 0 Å². The number of aromatic nitrogens is 3. The van der Waals surface area contributed by atoms with E-state index in [-0.39, 0.29) is 239 Å². The Morgan fingerprint density at radius 3 is 2.09 bits per heavy atom. The number of phenols is 1. The summed E-state index contributed by atoms with van der Waals surface area (Å²) >= 11 is -2.64. The standard InChI is InChI=1S/C26H19N7O13S3.4K/c34-22-20-12(10-19(44-48(39)40)21(22)33-32-13-5-7-14(8-6-13)47-46-45-38)9-15(49(41,42)43)11-18(20)28-25-29-24(30-26(37)31-25)27-17-4-2-1-3-16(17)23(35)36;;;;/h1-11,34,38H,(H,35,36)(H,39,40)(H,41,42,43)(H3,27,28,29,30,31,37);;;;/q;4*+1/p-4. The molecule has 53 heavy (non-hydrogen) atoms. The third kappa shape index (κ3) is 14.7. The number of phenolic OH excluding ortho intramolecular Hbond substituents is 1. The van der Waals surface area contributed by atoms with Gasteiger partial charge in [0.25, 0.3) is 0 Å². The third-order valence-corrected chi connectivity index (χ3v) is 7.81. The van der Waals surface area contributed by atoms with E-state index in [1.54, 1.807) is 0 Å². The molecule has 4 aromatic carbocycles. The Labute approximate surface area is 476 Å². The quantitative estimate of drug-likeness (QED) is 0.0162. The van der Waals surface area contributed by atoms with Gasteiger partial charge in [-0.15, -0.1) is 5.11 Å². The fourth-order valence-electron chi connectivity index (χ4n) is 4.15. The van der Waals surface area contributed by atoms with Gasteiger partial charge in [-0.1, -0.05) is 18.2 Å². The molecule has 27 heteroatoms. The largest absolute Gasteiger partial charge is 1.00 e. The number of anilines is 4. The van der Waals surface area contributed by atoms with Crippen LogP contribution in [0.25, 0.3) is 10.8 Å². The van der Waals surface area contributed by atoms with Crippen molar-refractivity contribution in [3.63, 3.8) is 0 Å². The summed E-state index contributed by atoms with van der Waals surface area (Å²) in [5.74, 6) is -3.89. The number of hydrogen-bond donors (Lipinski definition) is 4. The van der Waals surface area contributed by atoms with E-state index in [9.17, 15) is 47.1 Å². The molecule has 20 nitrogen and oxygen atoms in total. The predicted molar refractivity (Wildman–Crippen MR) is 161 cm³/mol. The minimum absolute atomic E-state index is 0. The maximum absolute atomic E-state index is 12.1. The molecule has 1 aromatic heterocycles. The Bertz CT molecular complexity index is 2240. The van der Waals surface area contributed by atoms with Crippen molar-refractivity contribution < 1.29 is 266 Å². The molecule has 0 aliphatic rings. The number of aromatic carboxylic acids is 1. The molecule has 0 aliphatic heterocycles. The van der Waals surface area contributed by atoms with Gasteiger partial charge in [0.2, 0.25) is 11.9 Å². The topological polar surface area (TPSA) is 316 Å². The van der Waals surface area contributed by atoms with Gasteiger partial charge in [0, 0.05) is 21.5 Å². The molecule has 1 atom stereocenters. The monoisotopic (exact) mass is 885 g/mol.